The highest BCUT2D eigenvalue weighted by molar-refractivity contribution is 5.84. The molecule has 2 rings (SSSR count). The number of hydrogen-bond donors (Lipinski definition) is 0. The largest absolute Gasteiger partial charge is 0.298 e. The van der Waals surface area contributed by atoms with Crippen molar-refractivity contribution in [1.82, 2.24) is 19.7 Å². The lowest BCUT2D eigenvalue weighted by Gasteiger charge is -2.18. The second-order valence-electron chi connectivity index (χ2n) is 4.76. The Hall–Kier alpha value is -2.04. The van der Waals surface area contributed by atoms with E-state index < -0.39 is 0 Å². The zero-order valence-corrected chi connectivity index (χ0v) is 10.1. The molecule has 0 aliphatic rings. The fraction of sp³-hybridized carbons (Fsp3) is 0.333. The van der Waals surface area contributed by atoms with E-state index in [4.69, 9.17) is 0 Å². The van der Waals surface area contributed by atoms with Crippen LogP contribution >= 0.6 is 0 Å². The quantitative estimate of drug-likeness (QED) is 0.739. The van der Waals surface area contributed by atoms with E-state index in [-0.39, 0.29) is 5.54 Å². The summed E-state index contributed by atoms with van der Waals surface area (Å²) in [5, 5.41) is 4.41. The molecular weight excluding hydrogens is 216 g/mol. The number of rotatable bonds is 2. The summed E-state index contributed by atoms with van der Waals surface area (Å²) in [6, 6.07) is 0. The normalized spacial score (nSPS) is 11.5. The topological polar surface area (TPSA) is 60.7 Å². The fourth-order valence-corrected chi connectivity index (χ4v) is 1.44. The summed E-state index contributed by atoms with van der Waals surface area (Å²) in [7, 11) is 0. The van der Waals surface area contributed by atoms with Gasteiger partial charge >= 0.3 is 0 Å². The van der Waals surface area contributed by atoms with Crippen molar-refractivity contribution in [3.63, 3.8) is 0 Å². The van der Waals surface area contributed by atoms with E-state index in [9.17, 15) is 4.79 Å². The molecule has 0 saturated carbocycles. The van der Waals surface area contributed by atoms with Gasteiger partial charge in [0, 0.05) is 18.6 Å². The first-order chi connectivity index (χ1) is 8.02. The highest BCUT2D eigenvalue weighted by Crippen LogP contribution is 2.21. The molecule has 0 unspecified atom stereocenters. The van der Waals surface area contributed by atoms with Gasteiger partial charge in [0.1, 0.15) is 11.4 Å². The van der Waals surface area contributed by atoms with Crippen LogP contribution in [0.2, 0.25) is 0 Å². The Bertz CT molecular complexity index is 525. The van der Waals surface area contributed by atoms with Crippen LogP contribution in [0.1, 0.15) is 31.1 Å². The van der Waals surface area contributed by atoms with Crippen LogP contribution in [0, 0.1) is 0 Å². The van der Waals surface area contributed by atoms with Crippen LogP contribution in [0.4, 0.5) is 0 Å². The molecule has 0 saturated heterocycles. The first-order valence-electron chi connectivity index (χ1n) is 5.34. The summed E-state index contributed by atoms with van der Waals surface area (Å²) in [6.07, 6.45) is 7.30. The van der Waals surface area contributed by atoms with Gasteiger partial charge in [-0.1, -0.05) is 0 Å². The van der Waals surface area contributed by atoms with Crippen molar-refractivity contribution in [3.05, 3.63) is 30.4 Å². The van der Waals surface area contributed by atoms with E-state index in [1.54, 1.807) is 29.5 Å². The minimum atomic E-state index is -0.168. The summed E-state index contributed by atoms with van der Waals surface area (Å²) in [6.45, 7) is 6.07. The van der Waals surface area contributed by atoms with Crippen LogP contribution in [0.25, 0.3) is 11.4 Å². The monoisotopic (exact) mass is 230 g/mol. The lowest BCUT2D eigenvalue weighted by molar-refractivity contribution is 0.112. The van der Waals surface area contributed by atoms with Gasteiger partial charge in [-0.05, 0) is 20.8 Å². The van der Waals surface area contributed by atoms with Gasteiger partial charge in [0.2, 0.25) is 0 Å². The van der Waals surface area contributed by atoms with E-state index in [0.717, 1.165) is 6.29 Å². The van der Waals surface area contributed by atoms with Crippen LogP contribution in [-0.4, -0.2) is 26.0 Å². The number of carbonyl (C=O) groups is 1. The van der Waals surface area contributed by atoms with E-state index in [1.807, 2.05) is 20.8 Å². The van der Waals surface area contributed by atoms with Gasteiger partial charge in [0.25, 0.3) is 0 Å². The molecule has 2 aromatic rings. The van der Waals surface area contributed by atoms with Crippen LogP contribution in [0.5, 0.6) is 0 Å². The van der Waals surface area contributed by atoms with Gasteiger partial charge in [-0.25, -0.2) is 0 Å². The van der Waals surface area contributed by atoms with Gasteiger partial charge in [0.05, 0.1) is 17.3 Å². The molecule has 0 aliphatic heterocycles. The maximum atomic E-state index is 11.0. The summed E-state index contributed by atoms with van der Waals surface area (Å²) in [5.41, 5.74) is 1.54. The Morgan fingerprint density at radius 3 is 2.59 bits per heavy atom. The fourth-order valence-electron chi connectivity index (χ4n) is 1.44. The van der Waals surface area contributed by atoms with Crippen LogP contribution in [0.3, 0.4) is 0 Å². The second-order valence-corrected chi connectivity index (χ2v) is 4.76. The second kappa shape index (κ2) is 4.08. The number of aldehydes is 1. The van der Waals surface area contributed by atoms with Crippen molar-refractivity contribution < 1.29 is 4.79 Å². The lowest BCUT2D eigenvalue weighted by atomic mass is 10.1. The Morgan fingerprint density at radius 1 is 1.29 bits per heavy atom. The van der Waals surface area contributed by atoms with Gasteiger partial charge in [0.15, 0.2) is 6.29 Å². The molecule has 0 bridgehead atoms. The third-order valence-electron chi connectivity index (χ3n) is 2.36. The molecule has 17 heavy (non-hydrogen) atoms. The van der Waals surface area contributed by atoms with Crippen molar-refractivity contribution in [2.24, 2.45) is 0 Å². The summed E-state index contributed by atoms with van der Waals surface area (Å²) >= 11 is 0. The first-order valence-corrected chi connectivity index (χ1v) is 5.34. The van der Waals surface area contributed by atoms with E-state index >= 15 is 0 Å². The van der Waals surface area contributed by atoms with Crippen molar-refractivity contribution in [3.8, 4) is 11.4 Å². The maximum absolute atomic E-state index is 11.0. The number of carbonyl (C=O) groups excluding carboxylic acids is 1. The predicted molar refractivity (Wildman–Crippen MR) is 63.6 cm³/mol. The third-order valence-corrected chi connectivity index (χ3v) is 2.36. The zero-order valence-electron chi connectivity index (χ0n) is 10.1. The van der Waals surface area contributed by atoms with Crippen LogP contribution < -0.4 is 0 Å². The van der Waals surface area contributed by atoms with Crippen molar-refractivity contribution in [2.75, 3.05) is 0 Å². The van der Waals surface area contributed by atoms with Crippen LogP contribution in [0.15, 0.2) is 24.8 Å². The number of hydrogen-bond acceptors (Lipinski definition) is 4. The molecule has 0 spiro atoms. The molecule has 0 N–H and O–H groups in total. The highest BCUT2D eigenvalue weighted by atomic mass is 16.1. The van der Waals surface area contributed by atoms with Crippen molar-refractivity contribution in [2.45, 2.75) is 26.3 Å². The standard InChI is InChI=1S/C12H14N4O/c1-12(2,3)16-7-9(8-17)11(15-16)10-6-13-4-5-14-10/h4-8H,1-3H3. The Morgan fingerprint density at radius 2 is 2.06 bits per heavy atom. The molecule has 0 fully saturated rings. The summed E-state index contributed by atoms with van der Waals surface area (Å²) in [4.78, 5) is 19.2. The van der Waals surface area contributed by atoms with E-state index in [2.05, 4.69) is 15.1 Å². The zero-order chi connectivity index (χ0) is 12.5. The van der Waals surface area contributed by atoms with E-state index in [0.29, 0.717) is 17.0 Å². The Balaban J connectivity index is 2.55. The van der Waals surface area contributed by atoms with Gasteiger partial charge < -0.3 is 0 Å². The van der Waals surface area contributed by atoms with Crippen LogP contribution in [-0.2, 0) is 5.54 Å². The molecular formula is C12H14N4O. The Labute approximate surface area is 99.5 Å². The molecule has 0 amide bonds. The number of aromatic nitrogens is 4. The predicted octanol–water partition coefficient (Wildman–Crippen LogP) is 1.91. The SMILES string of the molecule is CC(C)(C)n1cc(C=O)c(-c2cnccn2)n1. The van der Waals surface area contributed by atoms with Gasteiger partial charge in [-0.2, -0.15) is 5.10 Å². The molecule has 0 atom stereocenters. The molecule has 2 heterocycles. The first kappa shape index (κ1) is 11.4. The molecule has 2 aromatic heterocycles. The van der Waals surface area contributed by atoms with E-state index in [1.165, 1.54) is 0 Å². The minimum Gasteiger partial charge on any atom is -0.298 e. The minimum absolute atomic E-state index is 0.168. The van der Waals surface area contributed by atoms with Crippen molar-refractivity contribution >= 4 is 6.29 Å². The molecule has 5 heteroatoms. The average molecular weight is 230 g/mol. The summed E-state index contributed by atoms with van der Waals surface area (Å²) < 4.78 is 1.76. The molecule has 0 aromatic carbocycles. The molecule has 88 valence electrons. The Kier molecular flexibility index (Phi) is 2.75. The lowest BCUT2D eigenvalue weighted by Crippen LogP contribution is -2.22. The molecule has 0 aliphatic carbocycles. The van der Waals surface area contributed by atoms with Gasteiger partial charge in [-0.15, -0.1) is 0 Å². The average Bonchev–Trinajstić information content (AvgIpc) is 2.73. The number of nitrogens with zero attached hydrogens (tertiary/aromatic N) is 4. The van der Waals surface area contributed by atoms with Crippen molar-refractivity contribution in [1.29, 1.82) is 0 Å². The molecule has 0 radical (unpaired) electrons. The highest BCUT2D eigenvalue weighted by Gasteiger charge is 2.19. The van der Waals surface area contributed by atoms with Gasteiger partial charge in [-0.3, -0.25) is 19.4 Å². The smallest absolute Gasteiger partial charge is 0.153 e. The third kappa shape index (κ3) is 2.22. The maximum Gasteiger partial charge on any atom is 0.153 e. The molecule has 5 nitrogen and oxygen atoms in total. The summed E-state index contributed by atoms with van der Waals surface area (Å²) in [5.74, 6) is 0.